The molecular formula is C12H18O2. The molecule has 78 valence electrons. The van der Waals surface area contributed by atoms with Crippen LogP contribution >= 0.6 is 0 Å². The summed E-state index contributed by atoms with van der Waals surface area (Å²) < 4.78 is 4.86. The summed E-state index contributed by atoms with van der Waals surface area (Å²) >= 11 is 0. The lowest BCUT2D eigenvalue weighted by molar-refractivity contribution is -0.137. The van der Waals surface area contributed by atoms with Gasteiger partial charge in [-0.05, 0) is 43.9 Å². The molecule has 2 saturated carbocycles. The van der Waals surface area contributed by atoms with Crippen molar-refractivity contribution in [2.45, 2.75) is 32.6 Å². The Kier molecular flexibility index (Phi) is 2.90. The van der Waals surface area contributed by atoms with Crippen LogP contribution in [0.4, 0.5) is 0 Å². The van der Waals surface area contributed by atoms with E-state index in [0.29, 0.717) is 12.5 Å². The first kappa shape index (κ1) is 9.75. The van der Waals surface area contributed by atoms with Gasteiger partial charge in [0.1, 0.15) is 0 Å². The predicted octanol–water partition coefficient (Wildman–Crippen LogP) is 2.54. The normalized spacial score (nSPS) is 35.4. The van der Waals surface area contributed by atoms with Gasteiger partial charge in [0.05, 0.1) is 6.61 Å². The van der Waals surface area contributed by atoms with E-state index in [9.17, 15) is 4.79 Å². The Bertz CT molecular complexity index is 245. The molecule has 2 heteroatoms. The smallest absolute Gasteiger partial charge is 0.330 e. The first-order valence-electron chi connectivity index (χ1n) is 5.64. The Hall–Kier alpha value is -0.790. The Morgan fingerprint density at radius 3 is 2.86 bits per heavy atom. The van der Waals surface area contributed by atoms with Gasteiger partial charge in [-0.1, -0.05) is 12.5 Å². The van der Waals surface area contributed by atoms with Gasteiger partial charge < -0.3 is 4.74 Å². The SMILES string of the molecule is CCOC(=O)C=CC1CC2CCC1C2. The first-order chi connectivity index (χ1) is 6.79. The fraction of sp³-hybridized carbons (Fsp3) is 0.750. The number of ether oxygens (including phenoxy) is 1. The minimum atomic E-state index is -0.185. The molecule has 2 aliphatic rings. The van der Waals surface area contributed by atoms with Crippen molar-refractivity contribution in [2.75, 3.05) is 6.61 Å². The topological polar surface area (TPSA) is 26.3 Å². The van der Waals surface area contributed by atoms with Crippen molar-refractivity contribution in [3.05, 3.63) is 12.2 Å². The van der Waals surface area contributed by atoms with Crippen LogP contribution in [0.25, 0.3) is 0 Å². The van der Waals surface area contributed by atoms with Crippen LogP contribution in [0.2, 0.25) is 0 Å². The van der Waals surface area contributed by atoms with Gasteiger partial charge in [0.25, 0.3) is 0 Å². The van der Waals surface area contributed by atoms with E-state index in [1.807, 2.05) is 6.92 Å². The van der Waals surface area contributed by atoms with Crippen LogP contribution in [-0.2, 0) is 9.53 Å². The maximum atomic E-state index is 11.1. The van der Waals surface area contributed by atoms with Gasteiger partial charge in [0, 0.05) is 6.08 Å². The zero-order valence-corrected chi connectivity index (χ0v) is 8.74. The average Bonchev–Trinajstić information content (AvgIpc) is 2.76. The summed E-state index contributed by atoms with van der Waals surface area (Å²) in [6.07, 6.45) is 9.14. The largest absolute Gasteiger partial charge is 0.463 e. The lowest BCUT2D eigenvalue weighted by Gasteiger charge is -2.17. The van der Waals surface area contributed by atoms with Crippen LogP contribution in [0.3, 0.4) is 0 Å². The maximum absolute atomic E-state index is 11.1. The van der Waals surface area contributed by atoms with Crippen LogP contribution in [0, 0.1) is 17.8 Å². The van der Waals surface area contributed by atoms with E-state index in [4.69, 9.17) is 4.74 Å². The maximum Gasteiger partial charge on any atom is 0.330 e. The number of esters is 1. The molecule has 2 aliphatic carbocycles. The number of hydrogen-bond acceptors (Lipinski definition) is 2. The van der Waals surface area contributed by atoms with Gasteiger partial charge in [-0.2, -0.15) is 0 Å². The average molecular weight is 194 g/mol. The van der Waals surface area contributed by atoms with Crippen molar-refractivity contribution >= 4 is 5.97 Å². The highest BCUT2D eigenvalue weighted by atomic mass is 16.5. The molecule has 0 N–H and O–H groups in total. The Morgan fingerprint density at radius 2 is 2.29 bits per heavy atom. The minimum absolute atomic E-state index is 0.185. The first-order valence-corrected chi connectivity index (χ1v) is 5.64. The van der Waals surface area contributed by atoms with Gasteiger partial charge in [-0.15, -0.1) is 0 Å². The molecular weight excluding hydrogens is 176 g/mol. The molecule has 0 radical (unpaired) electrons. The summed E-state index contributed by atoms with van der Waals surface area (Å²) in [7, 11) is 0. The Morgan fingerprint density at radius 1 is 1.43 bits per heavy atom. The number of allylic oxidation sites excluding steroid dienone is 1. The lowest BCUT2D eigenvalue weighted by atomic mass is 9.89. The van der Waals surface area contributed by atoms with Crippen molar-refractivity contribution < 1.29 is 9.53 Å². The third-order valence-corrected chi connectivity index (χ3v) is 3.56. The number of carbonyl (C=O) groups excluding carboxylic acids is 1. The molecule has 0 aliphatic heterocycles. The highest BCUT2D eigenvalue weighted by Crippen LogP contribution is 2.48. The standard InChI is InChI=1S/C12H18O2/c1-2-14-12(13)6-5-11-8-9-3-4-10(11)7-9/h5-6,9-11H,2-4,7-8H2,1H3. The predicted molar refractivity (Wildman–Crippen MR) is 54.7 cm³/mol. The van der Waals surface area contributed by atoms with Gasteiger partial charge >= 0.3 is 5.97 Å². The molecule has 0 amide bonds. The zero-order valence-electron chi connectivity index (χ0n) is 8.74. The molecule has 2 bridgehead atoms. The Labute approximate surface area is 85.3 Å². The summed E-state index contributed by atoms with van der Waals surface area (Å²) in [6, 6.07) is 0. The van der Waals surface area contributed by atoms with Crippen LogP contribution in [0.15, 0.2) is 12.2 Å². The summed E-state index contributed by atoms with van der Waals surface area (Å²) in [5.41, 5.74) is 0. The molecule has 0 aromatic carbocycles. The van der Waals surface area contributed by atoms with Crippen molar-refractivity contribution in [2.24, 2.45) is 17.8 Å². The monoisotopic (exact) mass is 194 g/mol. The van der Waals surface area contributed by atoms with Gasteiger partial charge in [-0.25, -0.2) is 4.79 Å². The fourth-order valence-electron chi connectivity index (χ4n) is 2.92. The zero-order chi connectivity index (χ0) is 9.97. The van der Waals surface area contributed by atoms with Crippen molar-refractivity contribution in [1.82, 2.24) is 0 Å². The molecule has 2 nitrogen and oxygen atoms in total. The molecule has 3 unspecified atom stereocenters. The van der Waals surface area contributed by atoms with Crippen LogP contribution in [-0.4, -0.2) is 12.6 Å². The highest BCUT2D eigenvalue weighted by molar-refractivity contribution is 5.81. The van der Waals surface area contributed by atoms with E-state index in [2.05, 4.69) is 6.08 Å². The molecule has 2 rings (SSSR count). The number of rotatable bonds is 3. The second-order valence-electron chi connectivity index (χ2n) is 4.45. The molecule has 0 spiro atoms. The van der Waals surface area contributed by atoms with E-state index in [1.54, 1.807) is 6.08 Å². The quantitative estimate of drug-likeness (QED) is 0.510. The van der Waals surface area contributed by atoms with E-state index in [-0.39, 0.29) is 5.97 Å². The summed E-state index contributed by atoms with van der Waals surface area (Å²) in [6.45, 7) is 2.31. The van der Waals surface area contributed by atoms with E-state index in [0.717, 1.165) is 11.8 Å². The number of hydrogen-bond donors (Lipinski definition) is 0. The summed E-state index contributed by atoms with van der Waals surface area (Å²) in [5.74, 6) is 2.26. The molecule has 0 heterocycles. The summed E-state index contributed by atoms with van der Waals surface area (Å²) in [4.78, 5) is 11.1. The van der Waals surface area contributed by atoms with E-state index in [1.165, 1.54) is 25.7 Å². The summed E-state index contributed by atoms with van der Waals surface area (Å²) in [5, 5.41) is 0. The Balaban J connectivity index is 1.83. The third-order valence-electron chi connectivity index (χ3n) is 3.56. The number of fused-ring (bicyclic) bond motifs is 2. The van der Waals surface area contributed by atoms with Gasteiger partial charge in [0.2, 0.25) is 0 Å². The molecule has 14 heavy (non-hydrogen) atoms. The van der Waals surface area contributed by atoms with Crippen molar-refractivity contribution in [3.63, 3.8) is 0 Å². The molecule has 0 aromatic heterocycles. The fourth-order valence-corrected chi connectivity index (χ4v) is 2.92. The minimum Gasteiger partial charge on any atom is -0.463 e. The van der Waals surface area contributed by atoms with Crippen molar-refractivity contribution in [3.8, 4) is 0 Å². The molecule has 0 aromatic rings. The van der Waals surface area contributed by atoms with E-state index < -0.39 is 0 Å². The number of carbonyl (C=O) groups is 1. The van der Waals surface area contributed by atoms with Gasteiger partial charge in [-0.3, -0.25) is 0 Å². The molecule has 2 fully saturated rings. The van der Waals surface area contributed by atoms with Crippen LogP contribution in [0.5, 0.6) is 0 Å². The van der Waals surface area contributed by atoms with Crippen LogP contribution in [0.1, 0.15) is 32.6 Å². The van der Waals surface area contributed by atoms with Gasteiger partial charge in [0.15, 0.2) is 0 Å². The van der Waals surface area contributed by atoms with Crippen LogP contribution < -0.4 is 0 Å². The second-order valence-corrected chi connectivity index (χ2v) is 4.45. The molecule has 0 saturated heterocycles. The molecule has 3 atom stereocenters. The highest BCUT2D eigenvalue weighted by Gasteiger charge is 2.37. The third kappa shape index (κ3) is 1.99. The second kappa shape index (κ2) is 4.16. The van der Waals surface area contributed by atoms with E-state index >= 15 is 0 Å². The van der Waals surface area contributed by atoms with Crippen molar-refractivity contribution in [1.29, 1.82) is 0 Å². The lowest BCUT2D eigenvalue weighted by Crippen LogP contribution is -2.08.